The molecular formula is C15H20FN3. The van der Waals surface area contributed by atoms with Crippen molar-refractivity contribution >= 4 is 0 Å². The number of aromatic nitrogens is 2. The molecule has 0 fully saturated rings. The van der Waals surface area contributed by atoms with E-state index in [0.717, 1.165) is 18.8 Å². The zero-order valence-corrected chi connectivity index (χ0v) is 11.4. The molecule has 102 valence electrons. The number of nitrogens with one attached hydrogen (secondary N) is 1. The average molecular weight is 261 g/mol. The van der Waals surface area contributed by atoms with Crippen LogP contribution >= 0.6 is 0 Å². The number of hydrogen-bond donors (Lipinski definition) is 1. The highest BCUT2D eigenvalue weighted by atomic mass is 19.1. The van der Waals surface area contributed by atoms with Gasteiger partial charge in [-0.15, -0.1) is 0 Å². The lowest BCUT2D eigenvalue weighted by atomic mass is 10.0. The van der Waals surface area contributed by atoms with Crippen LogP contribution in [0.4, 0.5) is 4.39 Å². The number of imidazole rings is 1. The van der Waals surface area contributed by atoms with Crippen molar-refractivity contribution in [3.63, 3.8) is 0 Å². The summed E-state index contributed by atoms with van der Waals surface area (Å²) in [5.41, 5.74) is 0.691. The molecule has 3 nitrogen and oxygen atoms in total. The molecule has 1 atom stereocenters. The van der Waals surface area contributed by atoms with Gasteiger partial charge in [-0.05, 0) is 19.5 Å². The molecule has 0 radical (unpaired) electrons. The van der Waals surface area contributed by atoms with E-state index in [2.05, 4.69) is 21.8 Å². The van der Waals surface area contributed by atoms with Gasteiger partial charge in [-0.3, -0.25) is 0 Å². The molecule has 1 aromatic heterocycles. The van der Waals surface area contributed by atoms with Gasteiger partial charge >= 0.3 is 0 Å². The summed E-state index contributed by atoms with van der Waals surface area (Å²) in [7, 11) is 1.85. The molecule has 0 aliphatic rings. The lowest BCUT2D eigenvalue weighted by molar-refractivity contribution is 0.510. The summed E-state index contributed by atoms with van der Waals surface area (Å²) >= 11 is 0. The molecule has 1 unspecified atom stereocenters. The average Bonchev–Trinajstić information content (AvgIpc) is 2.85. The number of likely N-dealkylation sites (N-methyl/N-ethyl adjacent to an activating group) is 1. The predicted molar refractivity (Wildman–Crippen MR) is 74.4 cm³/mol. The Morgan fingerprint density at radius 1 is 1.37 bits per heavy atom. The molecular weight excluding hydrogens is 241 g/mol. The zero-order chi connectivity index (χ0) is 13.7. The van der Waals surface area contributed by atoms with E-state index >= 15 is 0 Å². The molecule has 0 aliphatic heterocycles. The molecule has 0 spiro atoms. The number of halogens is 1. The van der Waals surface area contributed by atoms with Crippen molar-refractivity contribution in [3.05, 3.63) is 53.9 Å². The van der Waals surface area contributed by atoms with Crippen LogP contribution in [0, 0.1) is 5.82 Å². The van der Waals surface area contributed by atoms with Crippen LogP contribution < -0.4 is 5.32 Å². The Bertz CT molecular complexity index is 522. The first-order chi connectivity index (χ1) is 9.26. The first-order valence-corrected chi connectivity index (χ1v) is 6.68. The van der Waals surface area contributed by atoms with Crippen molar-refractivity contribution in [1.29, 1.82) is 0 Å². The normalized spacial score (nSPS) is 12.6. The van der Waals surface area contributed by atoms with E-state index in [-0.39, 0.29) is 11.9 Å². The first kappa shape index (κ1) is 13.7. The lowest BCUT2D eigenvalue weighted by Crippen LogP contribution is -2.22. The molecule has 0 saturated heterocycles. The van der Waals surface area contributed by atoms with E-state index < -0.39 is 0 Å². The van der Waals surface area contributed by atoms with Crippen LogP contribution in [0.1, 0.15) is 30.8 Å². The van der Waals surface area contributed by atoms with Crippen molar-refractivity contribution in [2.24, 2.45) is 0 Å². The Morgan fingerprint density at radius 3 is 2.84 bits per heavy atom. The van der Waals surface area contributed by atoms with Crippen molar-refractivity contribution in [2.45, 2.75) is 32.4 Å². The Balaban J connectivity index is 2.19. The van der Waals surface area contributed by atoms with Crippen LogP contribution in [0.3, 0.4) is 0 Å². The monoisotopic (exact) mass is 261 g/mol. The first-order valence-electron chi connectivity index (χ1n) is 6.68. The third-order valence-electron chi connectivity index (χ3n) is 3.28. The Kier molecular flexibility index (Phi) is 4.68. The lowest BCUT2D eigenvalue weighted by Gasteiger charge is -2.17. The Hall–Kier alpha value is -1.68. The highest BCUT2D eigenvalue weighted by Gasteiger charge is 2.16. The van der Waals surface area contributed by atoms with E-state index in [1.165, 1.54) is 6.07 Å². The topological polar surface area (TPSA) is 29.9 Å². The van der Waals surface area contributed by atoms with Crippen LogP contribution in [0.25, 0.3) is 0 Å². The minimum atomic E-state index is -0.171. The number of benzene rings is 1. The van der Waals surface area contributed by atoms with Crippen LogP contribution in [0.5, 0.6) is 0 Å². The summed E-state index contributed by atoms with van der Waals surface area (Å²) in [5.74, 6) is 0.819. The predicted octanol–water partition coefficient (Wildman–Crippen LogP) is 2.94. The maximum Gasteiger partial charge on any atom is 0.127 e. The molecule has 2 aromatic rings. The minimum Gasteiger partial charge on any atom is -0.335 e. The summed E-state index contributed by atoms with van der Waals surface area (Å²) < 4.78 is 16.0. The summed E-state index contributed by atoms with van der Waals surface area (Å²) in [6.45, 7) is 3.08. The molecule has 1 aromatic carbocycles. The minimum absolute atomic E-state index is 0.0563. The third-order valence-corrected chi connectivity index (χ3v) is 3.28. The highest BCUT2D eigenvalue weighted by Crippen LogP contribution is 2.20. The van der Waals surface area contributed by atoms with Gasteiger partial charge in [0.05, 0.1) is 0 Å². The Morgan fingerprint density at radius 2 is 2.16 bits per heavy atom. The zero-order valence-electron chi connectivity index (χ0n) is 11.4. The number of nitrogens with zero attached hydrogens (tertiary/aromatic N) is 2. The van der Waals surface area contributed by atoms with E-state index in [0.29, 0.717) is 12.0 Å². The SMILES string of the molecule is CCCn1ccnc1CC(NC)c1ccccc1F. The van der Waals surface area contributed by atoms with Gasteiger partial charge in [-0.25, -0.2) is 9.37 Å². The molecule has 1 heterocycles. The fourth-order valence-electron chi connectivity index (χ4n) is 2.28. The van der Waals surface area contributed by atoms with Gasteiger partial charge < -0.3 is 9.88 Å². The van der Waals surface area contributed by atoms with Gasteiger partial charge in [-0.1, -0.05) is 25.1 Å². The molecule has 0 amide bonds. The van der Waals surface area contributed by atoms with Gasteiger partial charge in [-0.2, -0.15) is 0 Å². The number of rotatable bonds is 6. The van der Waals surface area contributed by atoms with Gasteiger partial charge in [0.1, 0.15) is 11.6 Å². The van der Waals surface area contributed by atoms with Crippen LogP contribution in [-0.2, 0) is 13.0 Å². The van der Waals surface area contributed by atoms with Gasteiger partial charge in [0.15, 0.2) is 0 Å². The van der Waals surface area contributed by atoms with Crippen molar-refractivity contribution in [3.8, 4) is 0 Å². The van der Waals surface area contributed by atoms with Crippen LogP contribution in [-0.4, -0.2) is 16.6 Å². The fraction of sp³-hybridized carbons (Fsp3) is 0.400. The number of aryl methyl sites for hydroxylation is 1. The Labute approximate surface area is 113 Å². The molecule has 19 heavy (non-hydrogen) atoms. The standard InChI is InChI=1S/C15H20FN3/c1-3-9-19-10-8-18-15(19)11-14(17-2)12-6-4-5-7-13(12)16/h4-8,10,14,17H,3,9,11H2,1-2H3. The van der Waals surface area contributed by atoms with E-state index in [4.69, 9.17) is 0 Å². The second-order valence-electron chi connectivity index (χ2n) is 4.60. The second kappa shape index (κ2) is 6.48. The largest absolute Gasteiger partial charge is 0.335 e. The molecule has 0 saturated carbocycles. The highest BCUT2D eigenvalue weighted by molar-refractivity contribution is 5.22. The van der Waals surface area contributed by atoms with Crippen LogP contribution in [0.2, 0.25) is 0 Å². The second-order valence-corrected chi connectivity index (χ2v) is 4.60. The fourth-order valence-corrected chi connectivity index (χ4v) is 2.28. The molecule has 1 N–H and O–H groups in total. The van der Waals surface area contributed by atoms with Gasteiger partial charge in [0, 0.05) is 37.0 Å². The van der Waals surface area contributed by atoms with E-state index in [9.17, 15) is 4.39 Å². The number of hydrogen-bond acceptors (Lipinski definition) is 2. The summed E-state index contributed by atoms with van der Waals surface area (Å²) in [6, 6.07) is 6.84. The molecule has 4 heteroatoms. The van der Waals surface area contributed by atoms with Crippen molar-refractivity contribution in [2.75, 3.05) is 7.05 Å². The molecule has 0 aliphatic carbocycles. The smallest absolute Gasteiger partial charge is 0.127 e. The maximum absolute atomic E-state index is 13.8. The maximum atomic E-state index is 13.8. The summed E-state index contributed by atoms with van der Waals surface area (Å²) in [4.78, 5) is 4.38. The molecule has 0 bridgehead atoms. The third kappa shape index (κ3) is 3.20. The summed E-state index contributed by atoms with van der Waals surface area (Å²) in [5, 5.41) is 3.17. The van der Waals surface area contributed by atoms with Gasteiger partial charge in [0.25, 0.3) is 0 Å². The van der Waals surface area contributed by atoms with Crippen molar-refractivity contribution in [1.82, 2.24) is 14.9 Å². The van der Waals surface area contributed by atoms with E-state index in [1.54, 1.807) is 12.3 Å². The van der Waals surface area contributed by atoms with Gasteiger partial charge in [0.2, 0.25) is 0 Å². The summed E-state index contributed by atoms with van der Waals surface area (Å²) in [6.07, 6.45) is 5.53. The van der Waals surface area contributed by atoms with Crippen molar-refractivity contribution < 1.29 is 4.39 Å². The van der Waals surface area contributed by atoms with Crippen LogP contribution in [0.15, 0.2) is 36.7 Å². The quantitative estimate of drug-likeness (QED) is 0.866. The van der Waals surface area contributed by atoms with E-state index in [1.807, 2.05) is 25.4 Å². The molecule has 2 rings (SSSR count).